The van der Waals surface area contributed by atoms with Gasteiger partial charge in [0.2, 0.25) is 0 Å². The van der Waals surface area contributed by atoms with Gasteiger partial charge in [0.15, 0.2) is 5.96 Å². The van der Waals surface area contributed by atoms with Crippen molar-refractivity contribution in [1.29, 1.82) is 0 Å². The van der Waals surface area contributed by atoms with E-state index in [-0.39, 0.29) is 29.4 Å². The summed E-state index contributed by atoms with van der Waals surface area (Å²) in [4.78, 5) is 8.62. The third kappa shape index (κ3) is 8.04. The molecule has 0 atom stereocenters. The Balaban J connectivity index is 0.00000392. The Morgan fingerprint density at radius 2 is 1.82 bits per heavy atom. The molecule has 0 aliphatic rings. The lowest BCUT2D eigenvalue weighted by Crippen LogP contribution is -2.43. The lowest BCUT2D eigenvalue weighted by molar-refractivity contribution is 0.271. The molecule has 0 aliphatic carbocycles. The van der Waals surface area contributed by atoms with Crippen LogP contribution in [0.3, 0.4) is 0 Å². The number of rotatable bonds is 8. The number of hydrogen-bond acceptors (Lipinski definition) is 3. The zero-order valence-electron chi connectivity index (χ0n) is 17.5. The quantitative estimate of drug-likeness (QED) is 0.324. The van der Waals surface area contributed by atoms with Gasteiger partial charge in [0.25, 0.3) is 0 Å². The maximum absolute atomic E-state index is 5.77. The number of nitrogens with one attached hydrogen (secondary N) is 2. The van der Waals surface area contributed by atoms with Crippen molar-refractivity contribution in [3.8, 4) is 5.75 Å². The molecule has 0 bridgehead atoms. The molecule has 0 unspecified atom stereocenters. The third-order valence-electron chi connectivity index (χ3n) is 4.30. The van der Waals surface area contributed by atoms with Gasteiger partial charge >= 0.3 is 0 Å². The number of guanidine groups is 1. The number of nitrogens with zero attached hydrogens (tertiary/aromatic N) is 2. The second-order valence-corrected chi connectivity index (χ2v) is 7.71. The summed E-state index contributed by atoms with van der Waals surface area (Å²) in [7, 11) is 1.78. The first-order chi connectivity index (χ1) is 12.9. The zero-order valence-corrected chi connectivity index (χ0v) is 19.9. The topological polar surface area (TPSA) is 58.5 Å². The van der Waals surface area contributed by atoms with Crippen molar-refractivity contribution in [3.05, 3.63) is 59.9 Å². The summed E-state index contributed by atoms with van der Waals surface area (Å²) in [6, 6.07) is 14.3. The molecule has 1 aromatic heterocycles. The van der Waals surface area contributed by atoms with Gasteiger partial charge in [0, 0.05) is 25.2 Å². The van der Waals surface area contributed by atoms with Crippen LogP contribution in [0.15, 0.2) is 53.7 Å². The Labute approximate surface area is 186 Å². The molecule has 28 heavy (non-hydrogen) atoms. The van der Waals surface area contributed by atoms with E-state index in [0.717, 1.165) is 30.6 Å². The molecule has 0 saturated heterocycles. The Kier molecular flexibility index (Phi) is 10.3. The maximum atomic E-state index is 5.77. The summed E-state index contributed by atoms with van der Waals surface area (Å²) in [6.07, 6.45) is 1.80. The lowest BCUT2D eigenvalue weighted by Gasteiger charge is -2.27. The van der Waals surface area contributed by atoms with Crippen LogP contribution in [0.2, 0.25) is 0 Å². The summed E-state index contributed by atoms with van der Waals surface area (Å²) in [5.74, 6) is 2.21. The smallest absolute Gasteiger partial charge is 0.191 e. The van der Waals surface area contributed by atoms with E-state index in [1.807, 2.05) is 30.3 Å². The lowest BCUT2D eigenvalue weighted by atomic mass is 9.84. The van der Waals surface area contributed by atoms with Gasteiger partial charge in [-0.05, 0) is 35.7 Å². The number of ether oxygens (including phenoxy) is 1. The van der Waals surface area contributed by atoms with E-state index < -0.39 is 0 Å². The van der Waals surface area contributed by atoms with E-state index in [0.29, 0.717) is 12.5 Å². The van der Waals surface area contributed by atoms with E-state index in [4.69, 9.17) is 4.74 Å². The number of halogens is 1. The third-order valence-corrected chi connectivity index (χ3v) is 4.30. The SMILES string of the molecule is CN=C(NCc1ccccn1)NCC(C)(C)c1ccc(OCC(C)C)cc1.I. The highest BCUT2D eigenvalue weighted by molar-refractivity contribution is 14.0. The Morgan fingerprint density at radius 3 is 2.39 bits per heavy atom. The van der Waals surface area contributed by atoms with Gasteiger partial charge in [-0.3, -0.25) is 9.98 Å². The highest BCUT2D eigenvalue weighted by Gasteiger charge is 2.21. The van der Waals surface area contributed by atoms with Gasteiger partial charge in [-0.2, -0.15) is 0 Å². The van der Waals surface area contributed by atoms with E-state index in [9.17, 15) is 0 Å². The molecule has 0 fully saturated rings. The molecule has 0 spiro atoms. The minimum atomic E-state index is -0.0425. The molecule has 154 valence electrons. The molecule has 6 heteroatoms. The Morgan fingerprint density at radius 1 is 1.11 bits per heavy atom. The maximum Gasteiger partial charge on any atom is 0.191 e. The normalized spacial score (nSPS) is 11.7. The first kappa shape index (κ1) is 24.2. The number of benzene rings is 1. The molecule has 2 aromatic rings. The summed E-state index contributed by atoms with van der Waals surface area (Å²) in [5.41, 5.74) is 2.20. The van der Waals surface area contributed by atoms with E-state index >= 15 is 0 Å². The second kappa shape index (κ2) is 11.9. The van der Waals surface area contributed by atoms with Crippen LogP contribution in [0.5, 0.6) is 5.75 Å². The summed E-state index contributed by atoms with van der Waals surface area (Å²) in [6.45, 7) is 10.9. The molecular formula is C22H33IN4O. The van der Waals surface area contributed by atoms with Crippen LogP contribution in [0.1, 0.15) is 39.0 Å². The van der Waals surface area contributed by atoms with E-state index in [1.165, 1.54) is 5.56 Å². The molecule has 0 radical (unpaired) electrons. The summed E-state index contributed by atoms with van der Waals surface area (Å²) >= 11 is 0. The van der Waals surface area contributed by atoms with Crippen LogP contribution in [-0.4, -0.2) is 31.1 Å². The predicted octanol–water partition coefficient (Wildman–Crippen LogP) is 4.38. The molecule has 1 heterocycles. The first-order valence-electron chi connectivity index (χ1n) is 9.48. The molecule has 0 amide bonds. The summed E-state index contributed by atoms with van der Waals surface area (Å²) in [5, 5.41) is 6.72. The molecule has 2 N–H and O–H groups in total. The van der Waals surface area contributed by atoms with Crippen molar-refractivity contribution in [2.24, 2.45) is 10.9 Å². The van der Waals surface area contributed by atoms with Crippen LogP contribution in [0.25, 0.3) is 0 Å². The van der Waals surface area contributed by atoms with Gasteiger partial charge in [-0.25, -0.2) is 0 Å². The van der Waals surface area contributed by atoms with Crippen molar-refractivity contribution in [1.82, 2.24) is 15.6 Å². The number of aromatic nitrogens is 1. The highest BCUT2D eigenvalue weighted by atomic mass is 127. The predicted molar refractivity (Wildman–Crippen MR) is 128 cm³/mol. The molecule has 0 saturated carbocycles. The van der Waals surface area contributed by atoms with Gasteiger partial charge in [0.1, 0.15) is 5.75 Å². The Bertz CT molecular complexity index is 715. The van der Waals surface area contributed by atoms with Gasteiger partial charge in [-0.1, -0.05) is 45.9 Å². The summed E-state index contributed by atoms with van der Waals surface area (Å²) < 4.78 is 5.77. The number of pyridine rings is 1. The van der Waals surface area contributed by atoms with Crippen LogP contribution in [-0.2, 0) is 12.0 Å². The van der Waals surface area contributed by atoms with Crippen LogP contribution < -0.4 is 15.4 Å². The number of aliphatic imine (C=N–C) groups is 1. The van der Waals surface area contributed by atoms with Crippen molar-refractivity contribution in [3.63, 3.8) is 0 Å². The van der Waals surface area contributed by atoms with E-state index in [1.54, 1.807) is 13.2 Å². The first-order valence-corrected chi connectivity index (χ1v) is 9.48. The van der Waals surface area contributed by atoms with Crippen molar-refractivity contribution in [2.75, 3.05) is 20.2 Å². The molecular weight excluding hydrogens is 463 g/mol. The van der Waals surface area contributed by atoms with Crippen molar-refractivity contribution >= 4 is 29.9 Å². The largest absolute Gasteiger partial charge is 0.493 e. The minimum Gasteiger partial charge on any atom is -0.493 e. The highest BCUT2D eigenvalue weighted by Crippen LogP contribution is 2.24. The van der Waals surface area contributed by atoms with Crippen LogP contribution in [0, 0.1) is 5.92 Å². The van der Waals surface area contributed by atoms with Crippen LogP contribution in [0.4, 0.5) is 0 Å². The van der Waals surface area contributed by atoms with Gasteiger partial charge in [0.05, 0.1) is 18.8 Å². The fraction of sp³-hybridized carbons (Fsp3) is 0.455. The molecule has 5 nitrogen and oxygen atoms in total. The van der Waals surface area contributed by atoms with Crippen LogP contribution >= 0.6 is 24.0 Å². The molecule has 0 aliphatic heterocycles. The van der Waals surface area contributed by atoms with Crippen molar-refractivity contribution < 1.29 is 4.74 Å². The standard InChI is InChI=1S/C22H32N4O.HI/c1-17(2)15-27-20-11-9-18(10-12-20)22(3,4)16-26-21(23-5)25-14-19-8-6-7-13-24-19;/h6-13,17H,14-16H2,1-5H3,(H2,23,25,26);1H. The van der Waals surface area contributed by atoms with Gasteiger partial charge < -0.3 is 15.4 Å². The number of hydrogen-bond donors (Lipinski definition) is 2. The fourth-order valence-electron chi connectivity index (χ4n) is 2.57. The van der Waals surface area contributed by atoms with Gasteiger partial charge in [-0.15, -0.1) is 24.0 Å². The average molecular weight is 496 g/mol. The second-order valence-electron chi connectivity index (χ2n) is 7.71. The molecule has 2 rings (SSSR count). The minimum absolute atomic E-state index is 0. The van der Waals surface area contributed by atoms with E-state index in [2.05, 4.69) is 60.4 Å². The monoisotopic (exact) mass is 496 g/mol. The van der Waals surface area contributed by atoms with Crippen molar-refractivity contribution in [2.45, 2.75) is 39.7 Å². The molecule has 1 aromatic carbocycles. The average Bonchev–Trinajstić information content (AvgIpc) is 2.67. The fourth-order valence-corrected chi connectivity index (χ4v) is 2.57. The zero-order chi connectivity index (χ0) is 19.7. The Hall–Kier alpha value is -1.83.